The van der Waals surface area contributed by atoms with Crippen LogP contribution in [0.5, 0.6) is 5.75 Å². The van der Waals surface area contributed by atoms with Gasteiger partial charge in [-0.25, -0.2) is 4.79 Å². The molecule has 4 atom stereocenters. The number of aliphatic hydroxyl groups excluding tert-OH is 1. The Bertz CT molecular complexity index is 1110. The van der Waals surface area contributed by atoms with E-state index in [1.54, 1.807) is 28.0 Å². The number of hydrogen-bond donors (Lipinski definition) is 3. The molecule has 0 spiro atoms. The highest BCUT2D eigenvalue weighted by molar-refractivity contribution is 5.99. The van der Waals surface area contributed by atoms with Crippen molar-refractivity contribution < 1.29 is 29.0 Å². The molecular formula is C35H59N5O6. The number of likely N-dealkylation sites (N-methyl/N-ethyl adjacent to an activating group) is 1. The standard InChI is InChI=1S/C35H59N5O6/c1-25-22-40(26(2)24-41)34(43)30-21-29(37-35(44)36-28-14-8-7-9-15-28)17-18-31(30)46-27(3)13-10-11-20-45-32(25)23-39(6)33(42)16-12-19-38(4)5/h17-18,21,25-28,32,41H,7-16,19-20,22-24H2,1-6H3,(H2,36,37,44)/t25-,26+,27-,32-/m0/s1. The summed E-state index contributed by atoms with van der Waals surface area (Å²) >= 11 is 0. The number of nitrogens with one attached hydrogen (secondary N) is 2. The molecule has 0 saturated heterocycles. The minimum absolute atomic E-state index is 0.0705. The number of nitrogens with zero attached hydrogens (tertiary/aromatic N) is 3. The Labute approximate surface area is 276 Å². The minimum atomic E-state index is -0.481. The molecular weight excluding hydrogens is 586 g/mol. The van der Waals surface area contributed by atoms with Crippen LogP contribution in [0.3, 0.4) is 0 Å². The quantitative estimate of drug-likeness (QED) is 0.336. The summed E-state index contributed by atoms with van der Waals surface area (Å²) in [4.78, 5) is 45.6. The molecule has 1 aliphatic carbocycles. The van der Waals surface area contributed by atoms with E-state index in [1.165, 1.54) is 6.42 Å². The maximum Gasteiger partial charge on any atom is 0.319 e. The maximum absolute atomic E-state index is 14.3. The summed E-state index contributed by atoms with van der Waals surface area (Å²) in [6.45, 7) is 7.72. The second-order valence-corrected chi connectivity index (χ2v) is 13.6. The van der Waals surface area contributed by atoms with Gasteiger partial charge in [0, 0.05) is 50.8 Å². The zero-order valence-electron chi connectivity index (χ0n) is 29.1. The lowest BCUT2D eigenvalue weighted by Gasteiger charge is -2.36. The molecule has 4 amide bonds. The number of hydrogen-bond acceptors (Lipinski definition) is 7. The maximum atomic E-state index is 14.3. The molecule has 1 fully saturated rings. The Morgan fingerprint density at radius 3 is 2.48 bits per heavy atom. The number of carbonyl (C=O) groups is 3. The molecule has 260 valence electrons. The van der Waals surface area contributed by atoms with Gasteiger partial charge in [0.1, 0.15) is 5.75 Å². The van der Waals surface area contributed by atoms with Gasteiger partial charge in [-0.3, -0.25) is 9.59 Å². The molecule has 11 nitrogen and oxygen atoms in total. The fraction of sp³-hybridized carbons (Fsp3) is 0.743. The molecule has 3 rings (SSSR count). The normalized spacial score (nSPS) is 22.7. The lowest BCUT2D eigenvalue weighted by molar-refractivity contribution is -0.132. The van der Waals surface area contributed by atoms with Crippen LogP contribution in [0, 0.1) is 5.92 Å². The average molecular weight is 646 g/mol. The Hall–Kier alpha value is -2.89. The van der Waals surface area contributed by atoms with Crippen molar-refractivity contribution in [1.29, 1.82) is 0 Å². The van der Waals surface area contributed by atoms with E-state index in [-0.39, 0.29) is 48.6 Å². The van der Waals surface area contributed by atoms with E-state index >= 15 is 0 Å². The van der Waals surface area contributed by atoms with Crippen LogP contribution >= 0.6 is 0 Å². The number of anilines is 1. The number of rotatable bonds is 10. The third kappa shape index (κ3) is 12.0. The highest BCUT2D eigenvalue weighted by Crippen LogP contribution is 2.29. The van der Waals surface area contributed by atoms with Crippen molar-refractivity contribution in [2.45, 2.75) is 109 Å². The summed E-state index contributed by atoms with van der Waals surface area (Å²) in [6, 6.07) is 4.57. The number of amides is 4. The van der Waals surface area contributed by atoms with Crippen LogP contribution in [0.2, 0.25) is 0 Å². The lowest BCUT2D eigenvalue weighted by atomic mass is 9.96. The summed E-state index contributed by atoms with van der Waals surface area (Å²) in [5.41, 5.74) is 0.829. The number of ether oxygens (including phenoxy) is 2. The van der Waals surface area contributed by atoms with Crippen LogP contribution < -0.4 is 15.4 Å². The summed E-state index contributed by atoms with van der Waals surface area (Å²) in [5, 5.41) is 16.2. The van der Waals surface area contributed by atoms with E-state index in [4.69, 9.17) is 9.47 Å². The molecule has 2 aliphatic rings. The van der Waals surface area contributed by atoms with Crippen molar-refractivity contribution >= 4 is 23.5 Å². The number of benzene rings is 1. The van der Waals surface area contributed by atoms with Crippen molar-refractivity contribution in [2.75, 3.05) is 59.3 Å². The second-order valence-electron chi connectivity index (χ2n) is 13.6. The van der Waals surface area contributed by atoms with Crippen molar-refractivity contribution in [3.8, 4) is 5.75 Å². The summed E-state index contributed by atoms with van der Waals surface area (Å²) in [7, 11) is 5.81. The van der Waals surface area contributed by atoms with Crippen LogP contribution in [0.1, 0.15) is 95.3 Å². The van der Waals surface area contributed by atoms with Gasteiger partial charge in [-0.1, -0.05) is 26.2 Å². The van der Waals surface area contributed by atoms with Gasteiger partial charge in [-0.15, -0.1) is 0 Å². The first kappa shape index (κ1) is 37.6. The molecule has 11 heteroatoms. The summed E-state index contributed by atoms with van der Waals surface area (Å²) in [6.07, 6.45) is 8.69. The van der Waals surface area contributed by atoms with Gasteiger partial charge in [0.2, 0.25) is 5.91 Å². The third-order valence-corrected chi connectivity index (χ3v) is 9.13. The first-order chi connectivity index (χ1) is 22.0. The highest BCUT2D eigenvalue weighted by Gasteiger charge is 2.31. The zero-order valence-corrected chi connectivity index (χ0v) is 29.1. The van der Waals surface area contributed by atoms with Crippen molar-refractivity contribution in [3.05, 3.63) is 23.8 Å². The summed E-state index contributed by atoms with van der Waals surface area (Å²) < 4.78 is 12.7. The lowest BCUT2D eigenvalue weighted by Crippen LogP contribution is -2.48. The van der Waals surface area contributed by atoms with E-state index in [9.17, 15) is 19.5 Å². The Morgan fingerprint density at radius 1 is 1.07 bits per heavy atom. The molecule has 1 heterocycles. The van der Waals surface area contributed by atoms with Gasteiger partial charge in [0.25, 0.3) is 5.91 Å². The van der Waals surface area contributed by atoms with Gasteiger partial charge in [-0.2, -0.15) is 0 Å². The zero-order chi connectivity index (χ0) is 33.6. The molecule has 1 aliphatic heterocycles. The Balaban J connectivity index is 1.84. The molecule has 0 unspecified atom stereocenters. The Morgan fingerprint density at radius 2 is 1.78 bits per heavy atom. The third-order valence-electron chi connectivity index (χ3n) is 9.13. The van der Waals surface area contributed by atoms with Crippen molar-refractivity contribution in [3.63, 3.8) is 0 Å². The monoisotopic (exact) mass is 645 g/mol. The van der Waals surface area contributed by atoms with E-state index in [2.05, 4.69) is 15.5 Å². The van der Waals surface area contributed by atoms with E-state index < -0.39 is 6.04 Å². The second kappa shape index (κ2) is 19.1. The average Bonchev–Trinajstić information content (AvgIpc) is 3.02. The molecule has 46 heavy (non-hydrogen) atoms. The van der Waals surface area contributed by atoms with Gasteiger partial charge in [0.05, 0.1) is 30.4 Å². The van der Waals surface area contributed by atoms with E-state index in [0.717, 1.165) is 57.9 Å². The molecule has 3 N–H and O–H groups in total. The predicted molar refractivity (Wildman–Crippen MR) is 181 cm³/mol. The first-order valence-corrected chi connectivity index (χ1v) is 17.3. The van der Waals surface area contributed by atoms with Crippen LogP contribution in [-0.4, -0.2) is 116 Å². The predicted octanol–water partition coefficient (Wildman–Crippen LogP) is 4.74. The minimum Gasteiger partial charge on any atom is -0.490 e. The molecule has 0 radical (unpaired) electrons. The SMILES string of the molecule is C[C@H](CO)N1C[C@H](C)[C@H](CN(C)C(=O)CCCN(C)C)OCCCC[C@H](C)Oc2ccc(NC(=O)NC3CCCCC3)cc2C1=O. The van der Waals surface area contributed by atoms with Gasteiger partial charge in [0.15, 0.2) is 0 Å². The fourth-order valence-electron chi connectivity index (χ4n) is 6.17. The van der Waals surface area contributed by atoms with E-state index in [0.29, 0.717) is 43.1 Å². The van der Waals surface area contributed by atoms with Crippen LogP contribution in [-0.2, 0) is 9.53 Å². The van der Waals surface area contributed by atoms with Crippen LogP contribution in [0.25, 0.3) is 0 Å². The first-order valence-electron chi connectivity index (χ1n) is 17.3. The number of urea groups is 1. The topological polar surface area (TPSA) is 124 Å². The van der Waals surface area contributed by atoms with Gasteiger partial charge < -0.3 is 39.9 Å². The van der Waals surface area contributed by atoms with Crippen molar-refractivity contribution in [2.24, 2.45) is 5.92 Å². The Kier molecular flexibility index (Phi) is 15.6. The summed E-state index contributed by atoms with van der Waals surface area (Å²) in [5.74, 6) is 0.0901. The highest BCUT2D eigenvalue weighted by atomic mass is 16.5. The number of aliphatic hydroxyl groups is 1. The van der Waals surface area contributed by atoms with Crippen molar-refractivity contribution in [1.82, 2.24) is 20.0 Å². The fourth-order valence-corrected chi connectivity index (χ4v) is 6.17. The smallest absolute Gasteiger partial charge is 0.319 e. The van der Waals surface area contributed by atoms with Crippen LogP contribution in [0.4, 0.5) is 10.5 Å². The van der Waals surface area contributed by atoms with E-state index in [1.807, 2.05) is 41.9 Å². The van der Waals surface area contributed by atoms with Gasteiger partial charge >= 0.3 is 6.03 Å². The molecule has 1 aromatic rings. The molecule has 0 aromatic heterocycles. The largest absolute Gasteiger partial charge is 0.490 e. The number of carbonyl (C=O) groups excluding carboxylic acids is 3. The molecule has 1 saturated carbocycles. The number of fused-ring (bicyclic) bond motifs is 1. The molecule has 0 bridgehead atoms. The molecule has 1 aromatic carbocycles. The van der Waals surface area contributed by atoms with Gasteiger partial charge in [-0.05, 0) is 91.2 Å². The van der Waals surface area contributed by atoms with Crippen LogP contribution in [0.15, 0.2) is 18.2 Å².